The zero-order valence-corrected chi connectivity index (χ0v) is 13.8. The van der Waals surface area contributed by atoms with Crippen LogP contribution in [0.4, 0.5) is 5.95 Å². The molecule has 23 heavy (non-hydrogen) atoms. The third kappa shape index (κ3) is 3.18. The van der Waals surface area contributed by atoms with Crippen LogP contribution in [-0.2, 0) is 13.5 Å². The van der Waals surface area contributed by atoms with Crippen molar-refractivity contribution in [3.8, 4) is 0 Å². The van der Waals surface area contributed by atoms with Crippen LogP contribution in [0.3, 0.4) is 0 Å². The van der Waals surface area contributed by atoms with Crippen LogP contribution in [0.15, 0.2) is 24.8 Å². The van der Waals surface area contributed by atoms with Gasteiger partial charge < -0.3 is 9.80 Å². The Hall–Kier alpha value is -2.44. The van der Waals surface area contributed by atoms with Crippen LogP contribution in [0.25, 0.3) is 0 Å². The maximum atomic E-state index is 12.6. The van der Waals surface area contributed by atoms with E-state index in [0.717, 1.165) is 31.0 Å². The van der Waals surface area contributed by atoms with Gasteiger partial charge in [0.2, 0.25) is 5.95 Å². The molecule has 1 fully saturated rings. The molecule has 1 atom stereocenters. The molecule has 7 nitrogen and oxygen atoms in total. The second-order valence-corrected chi connectivity index (χ2v) is 5.94. The first-order valence-corrected chi connectivity index (χ1v) is 7.94. The molecule has 0 aromatic carbocycles. The molecule has 1 aliphatic heterocycles. The quantitative estimate of drug-likeness (QED) is 0.849. The lowest BCUT2D eigenvalue weighted by Crippen LogP contribution is -2.54. The van der Waals surface area contributed by atoms with E-state index in [2.05, 4.69) is 33.8 Å². The molecule has 1 aliphatic rings. The van der Waals surface area contributed by atoms with E-state index in [0.29, 0.717) is 12.1 Å². The van der Waals surface area contributed by atoms with Crippen LogP contribution in [0, 0.1) is 0 Å². The van der Waals surface area contributed by atoms with Crippen LogP contribution in [0.5, 0.6) is 0 Å². The third-order valence-corrected chi connectivity index (χ3v) is 4.22. The highest BCUT2D eigenvalue weighted by Crippen LogP contribution is 2.17. The first-order chi connectivity index (χ1) is 11.1. The number of amides is 1. The highest BCUT2D eigenvalue weighted by Gasteiger charge is 2.29. The molecule has 3 rings (SSSR count). The second-order valence-electron chi connectivity index (χ2n) is 5.94. The molecule has 2 aromatic heterocycles. The number of carbonyl (C=O) groups excluding carboxylic acids is 1. The lowest BCUT2D eigenvalue weighted by atomic mass is 10.1. The summed E-state index contributed by atoms with van der Waals surface area (Å²) < 4.78 is 1.65. The number of piperazine rings is 1. The topological polar surface area (TPSA) is 67.2 Å². The minimum absolute atomic E-state index is 0.0347. The summed E-state index contributed by atoms with van der Waals surface area (Å²) in [5.74, 6) is 0.773. The molecular formula is C16H22N6O. The largest absolute Gasteiger partial charge is 0.337 e. The van der Waals surface area contributed by atoms with Crippen LogP contribution in [-0.4, -0.2) is 56.2 Å². The average Bonchev–Trinajstić information content (AvgIpc) is 3.01. The van der Waals surface area contributed by atoms with Crippen LogP contribution in [0.2, 0.25) is 0 Å². The summed E-state index contributed by atoms with van der Waals surface area (Å²) in [6.45, 7) is 6.27. The van der Waals surface area contributed by atoms with Gasteiger partial charge in [-0.25, -0.2) is 9.97 Å². The summed E-state index contributed by atoms with van der Waals surface area (Å²) >= 11 is 0. The number of nitrogens with zero attached hydrogens (tertiary/aromatic N) is 6. The van der Waals surface area contributed by atoms with Crippen molar-refractivity contribution in [2.45, 2.75) is 26.3 Å². The monoisotopic (exact) mass is 314 g/mol. The highest BCUT2D eigenvalue weighted by molar-refractivity contribution is 5.94. The van der Waals surface area contributed by atoms with Crippen LogP contribution < -0.4 is 4.90 Å². The lowest BCUT2D eigenvalue weighted by Gasteiger charge is -2.39. The number of carbonyl (C=O) groups is 1. The number of rotatable bonds is 3. The first kappa shape index (κ1) is 15.5. The van der Waals surface area contributed by atoms with Crippen molar-refractivity contribution in [1.29, 1.82) is 0 Å². The van der Waals surface area contributed by atoms with E-state index in [1.165, 1.54) is 0 Å². The minimum atomic E-state index is 0.0347. The molecule has 0 radical (unpaired) electrons. The summed E-state index contributed by atoms with van der Waals surface area (Å²) in [7, 11) is 1.81. The molecule has 1 saturated heterocycles. The van der Waals surface area contributed by atoms with Gasteiger partial charge in [-0.3, -0.25) is 9.48 Å². The molecule has 1 unspecified atom stereocenters. The number of hydrogen-bond donors (Lipinski definition) is 0. The Bertz CT molecular complexity index is 680. The van der Waals surface area contributed by atoms with Crippen molar-refractivity contribution in [1.82, 2.24) is 24.6 Å². The number of aromatic nitrogens is 4. The zero-order chi connectivity index (χ0) is 16.4. The predicted octanol–water partition coefficient (Wildman–Crippen LogP) is 1.12. The normalized spacial score (nSPS) is 18.3. The van der Waals surface area contributed by atoms with E-state index >= 15 is 0 Å². The van der Waals surface area contributed by atoms with Gasteiger partial charge in [-0.2, -0.15) is 5.10 Å². The summed E-state index contributed by atoms with van der Waals surface area (Å²) in [5, 5.41) is 4.08. The van der Waals surface area contributed by atoms with Crippen molar-refractivity contribution in [2.24, 2.45) is 7.05 Å². The van der Waals surface area contributed by atoms with E-state index in [1.807, 2.05) is 24.3 Å². The molecule has 3 heterocycles. The minimum Gasteiger partial charge on any atom is -0.337 e. The molecule has 0 N–H and O–H groups in total. The Morgan fingerprint density at radius 2 is 2.00 bits per heavy atom. The molecule has 0 bridgehead atoms. The van der Waals surface area contributed by atoms with Gasteiger partial charge in [-0.1, -0.05) is 6.92 Å². The molecular weight excluding hydrogens is 292 g/mol. The Labute approximate surface area is 135 Å². The molecule has 0 aliphatic carbocycles. The predicted molar refractivity (Wildman–Crippen MR) is 87.3 cm³/mol. The van der Waals surface area contributed by atoms with Crippen molar-refractivity contribution in [3.05, 3.63) is 35.9 Å². The van der Waals surface area contributed by atoms with Crippen molar-refractivity contribution >= 4 is 11.9 Å². The Morgan fingerprint density at radius 1 is 1.26 bits per heavy atom. The SMILES string of the molecule is CCc1cnc(N2CCN(C(=O)c3cnn(C)c3)C(C)C2)nc1. The lowest BCUT2D eigenvalue weighted by molar-refractivity contribution is 0.0673. The van der Waals surface area contributed by atoms with E-state index in [9.17, 15) is 4.79 Å². The van der Waals surface area contributed by atoms with Gasteiger partial charge in [0.25, 0.3) is 5.91 Å². The molecule has 0 spiro atoms. The van der Waals surface area contributed by atoms with Gasteiger partial charge in [-0.15, -0.1) is 0 Å². The third-order valence-electron chi connectivity index (χ3n) is 4.22. The summed E-state index contributed by atoms with van der Waals surface area (Å²) in [6.07, 6.45) is 8.06. The van der Waals surface area contributed by atoms with E-state index < -0.39 is 0 Å². The fourth-order valence-corrected chi connectivity index (χ4v) is 2.83. The van der Waals surface area contributed by atoms with E-state index in [1.54, 1.807) is 17.1 Å². The molecule has 2 aromatic rings. The molecule has 1 amide bonds. The van der Waals surface area contributed by atoms with Gasteiger partial charge in [0, 0.05) is 51.3 Å². The standard InChI is InChI=1S/C16H22N6O/c1-4-13-7-17-16(18-8-13)21-5-6-22(12(2)10-21)15(23)14-9-19-20(3)11-14/h7-9,11-12H,4-6,10H2,1-3H3. The number of hydrogen-bond acceptors (Lipinski definition) is 5. The zero-order valence-electron chi connectivity index (χ0n) is 13.8. The summed E-state index contributed by atoms with van der Waals surface area (Å²) in [5.41, 5.74) is 1.77. The maximum absolute atomic E-state index is 12.6. The van der Waals surface area contributed by atoms with E-state index in [4.69, 9.17) is 0 Å². The van der Waals surface area contributed by atoms with Crippen molar-refractivity contribution < 1.29 is 4.79 Å². The summed E-state index contributed by atoms with van der Waals surface area (Å²) in [6, 6.07) is 0.103. The van der Waals surface area contributed by atoms with Gasteiger partial charge >= 0.3 is 0 Å². The van der Waals surface area contributed by atoms with E-state index in [-0.39, 0.29) is 11.9 Å². The average molecular weight is 314 g/mol. The first-order valence-electron chi connectivity index (χ1n) is 7.94. The Kier molecular flexibility index (Phi) is 4.27. The fraction of sp³-hybridized carbons (Fsp3) is 0.500. The smallest absolute Gasteiger partial charge is 0.257 e. The number of anilines is 1. The maximum Gasteiger partial charge on any atom is 0.257 e. The van der Waals surface area contributed by atoms with Crippen molar-refractivity contribution in [2.75, 3.05) is 24.5 Å². The highest BCUT2D eigenvalue weighted by atomic mass is 16.2. The van der Waals surface area contributed by atoms with Crippen LogP contribution in [0.1, 0.15) is 29.8 Å². The van der Waals surface area contributed by atoms with Crippen LogP contribution >= 0.6 is 0 Å². The molecule has 7 heteroatoms. The fourth-order valence-electron chi connectivity index (χ4n) is 2.83. The van der Waals surface area contributed by atoms with Gasteiger partial charge in [-0.05, 0) is 18.9 Å². The van der Waals surface area contributed by atoms with Gasteiger partial charge in [0.05, 0.1) is 11.8 Å². The van der Waals surface area contributed by atoms with Gasteiger partial charge in [0.1, 0.15) is 0 Å². The Morgan fingerprint density at radius 3 is 2.57 bits per heavy atom. The number of aryl methyl sites for hydroxylation is 2. The molecule has 122 valence electrons. The Balaban J connectivity index is 1.68. The van der Waals surface area contributed by atoms with Crippen molar-refractivity contribution in [3.63, 3.8) is 0 Å². The molecule has 0 saturated carbocycles. The van der Waals surface area contributed by atoms with Gasteiger partial charge in [0.15, 0.2) is 0 Å². The summed E-state index contributed by atoms with van der Waals surface area (Å²) in [4.78, 5) is 25.5. The second kappa shape index (κ2) is 6.36.